The lowest BCUT2D eigenvalue weighted by atomic mass is 10.0. The molecule has 3 N–H and O–H groups in total. The van der Waals surface area contributed by atoms with E-state index in [0.717, 1.165) is 70.6 Å². The van der Waals surface area contributed by atoms with Gasteiger partial charge >= 0.3 is 5.97 Å². The van der Waals surface area contributed by atoms with E-state index >= 15 is 0 Å². The molecule has 322 valence electrons. The summed E-state index contributed by atoms with van der Waals surface area (Å²) in [7, 11) is 0. The molecule has 0 aromatic heterocycles. The fourth-order valence-electron chi connectivity index (χ4n) is 6.95. The second-order valence-corrected chi connectivity index (χ2v) is 16.1. The molecule has 2 atom stereocenters. The van der Waals surface area contributed by atoms with E-state index in [1.165, 1.54) is 141 Å². The molecule has 0 aromatic carbocycles. The Hall–Kier alpha value is -1.92. The molecule has 0 bridgehead atoms. The Labute approximate surface area is 341 Å². The van der Waals surface area contributed by atoms with Crippen molar-refractivity contribution in [3.63, 3.8) is 0 Å². The third-order valence-electron chi connectivity index (χ3n) is 10.7. The van der Waals surface area contributed by atoms with Gasteiger partial charge in [-0.25, -0.2) is 0 Å². The van der Waals surface area contributed by atoms with Gasteiger partial charge in [0.1, 0.15) is 0 Å². The predicted octanol–water partition coefficient (Wildman–Crippen LogP) is 13.7. The van der Waals surface area contributed by atoms with Gasteiger partial charge in [0.25, 0.3) is 0 Å². The van der Waals surface area contributed by atoms with E-state index in [-0.39, 0.29) is 18.5 Å². The Morgan fingerprint density at radius 2 is 0.909 bits per heavy atom. The molecule has 0 saturated heterocycles. The third-order valence-corrected chi connectivity index (χ3v) is 10.7. The maximum Gasteiger partial charge on any atom is 0.305 e. The Kier molecular flexibility index (Phi) is 43.2. The van der Waals surface area contributed by atoms with Gasteiger partial charge in [-0.1, -0.05) is 198 Å². The summed E-state index contributed by atoms with van der Waals surface area (Å²) in [6.07, 6.45) is 52.7. The number of aliphatic hydroxyl groups is 2. The van der Waals surface area contributed by atoms with Crippen LogP contribution in [0.5, 0.6) is 0 Å². The first-order valence-electron chi connectivity index (χ1n) is 23.8. The van der Waals surface area contributed by atoms with Gasteiger partial charge < -0.3 is 20.3 Å². The summed E-state index contributed by atoms with van der Waals surface area (Å²) in [5.74, 6) is -0.113. The molecule has 0 aliphatic carbocycles. The van der Waals surface area contributed by atoms with Crippen molar-refractivity contribution >= 4 is 11.9 Å². The van der Waals surface area contributed by atoms with Crippen LogP contribution < -0.4 is 5.32 Å². The zero-order valence-electron chi connectivity index (χ0n) is 36.4. The first-order chi connectivity index (χ1) is 27.0. The van der Waals surface area contributed by atoms with E-state index in [9.17, 15) is 19.8 Å². The van der Waals surface area contributed by atoms with Crippen LogP contribution in [0.4, 0.5) is 0 Å². The first-order valence-corrected chi connectivity index (χ1v) is 23.8. The van der Waals surface area contributed by atoms with Gasteiger partial charge in [0, 0.05) is 12.8 Å². The van der Waals surface area contributed by atoms with Crippen LogP contribution in [0.2, 0.25) is 0 Å². The molecule has 55 heavy (non-hydrogen) atoms. The van der Waals surface area contributed by atoms with Crippen molar-refractivity contribution in [1.82, 2.24) is 5.32 Å². The number of unbranched alkanes of at least 4 members (excludes halogenated alkanes) is 28. The fraction of sp³-hybridized carbons (Fsp3) is 0.837. The lowest BCUT2D eigenvalue weighted by Crippen LogP contribution is -2.45. The Morgan fingerprint density at radius 1 is 0.509 bits per heavy atom. The number of hydrogen-bond donors (Lipinski definition) is 3. The van der Waals surface area contributed by atoms with Crippen molar-refractivity contribution in [1.29, 1.82) is 0 Å². The van der Waals surface area contributed by atoms with Gasteiger partial charge in [0.15, 0.2) is 0 Å². The molecule has 0 aliphatic rings. The number of aliphatic hydroxyl groups excluding tert-OH is 2. The molecule has 0 aliphatic heterocycles. The van der Waals surface area contributed by atoms with Crippen molar-refractivity contribution in [3.8, 4) is 0 Å². The molecule has 0 fully saturated rings. The molecule has 6 heteroatoms. The summed E-state index contributed by atoms with van der Waals surface area (Å²) in [5, 5.41) is 22.9. The maximum absolute atomic E-state index is 12.4. The van der Waals surface area contributed by atoms with Crippen LogP contribution in [0.25, 0.3) is 0 Å². The number of amides is 1. The summed E-state index contributed by atoms with van der Waals surface area (Å²) < 4.78 is 5.44. The monoisotopic (exact) mass is 774 g/mol. The summed E-state index contributed by atoms with van der Waals surface area (Å²) >= 11 is 0. The molecule has 0 aromatic rings. The number of allylic oxidation sites excluding steroid dienone is 5. The highest BCUT2D eigenvalue weighted by atomic mass is 16.5. The average molecular weight is 774 g/mol. The van der Waals surface area contributed by atoms with Crippen molar-refractivity contribution < 1.29 is 24.5 Å². The van der Waals surface area contributed by atoms with Crippen molar-refractivity contribution in [2.24, 2.45) is 0 Å². The van der Waals surface area contributed by atoms with E-state index in [2.05, 4.69) is 43.5 Å². The van der Waals surface area contributed by atoms with Crippen LogP contribution >= 0.6 is 0 Å². The van der Waals surface area contributed by atoms with Gasteiger partial charge in [-0.15, -0.1) is 0 Å². The molecule has 0 heterocycles. The van der Waals surface area contributed by atoms with E-state index in [0.29, 0.717) is 19.4 Å². The van der Waals surface area contributed by atoms with Gasteiger partial charge in [-0.2, -0.15) is 0 Å². The summed E-state index contributed by atoms with van der Waals surface area (Å²) in [5.41, 5.74) is 0. The molecular weight excluding hydrogens is 683 g/mol. The number of rotatable bonds is 43. The van der Waals surface area contributed by atoms with Gasteiger partial charge in [0.05, 0.1) is 25.4 Å². The normalized spacial score (nSPS) is 13.0. The fourth-order valence-corrected chi connectivity index (χ4v) is 6.95. The van der Waals surface area contributed by atoms with Crippen LogP contribution in [-0.4, -0.2) is 47.4 Å². The van der Waals surface area contributed by atoms with Crippen molar-refractivity contribution in [2.45, 2.75) is 251 Å². The molecule has 2 unspecified atom stereocenters. The molecule has 0 spiro atoms. The second-order valence-electron chi connectivity index (χ2n) is 16.1. The van der Waals surface area contributed by atoms with Crippen LogP contribution in [0.1, 0.15) is 239 Å². The second kappa shape index (κ2) is 44.8. The smallest absolute Gasteiger partial charge is 0.305 e. The first kappa shape index (κ1) is 53.1. The van der Waals surface area contributed by atoms with E-state index in [4.69, 9.17) is 4.74 Å². The standard InChI is InChI=1S/C49H91NO5/c1-3-5-7-9-11-13-15-16-17-18-23-27-31-35-39-43-49(54)55-44-40-36-32-28-24-20-19-22-26-30-34-38-42-48(53)50-46(45-51)47(52)41-37-33-29-25-21-14-12-10-8-6-4-2/h11,13,16-17,37,41,46-47,51-52H,3-10,12,14-15,18-36,38-40,42-45H2,1-2H3,(H,50,53)/b13-11-,17-16-,41-37+. The van der Waals surface area contributed by atoms with E-state index in [1.54, 1.807) is 6.08 Å². The molecule has 1 amide bonds. The number of carbonyl (C=O) groups excluding carboxylic acids is 2. The van der Waals surface area contributed by atoms with E-state index in [1.807, 2.05) is 6.08 Å². The zero-order valence-corrected chi connectivity index (χ0v) is 36.4. The average Bonchev–Trinajstić information content (AvgIpc) is 3.18. The van der Waals surface area contributed by atoms with Crippen molar-refractivity contribution in [3.05, 3.63) is 36.5 Å². The molecule has 0 saturated carbocycles. The minimum absolute atomic E-state index is 0.0259. The molecular formula is C49H91NO5. The number of nitrogens with one attached hydrogen (secondary N) is 1. The topological polar surface area (TPSA) is 95.9 Å². The molecule has 0 rings (SSSR count). The lowest BCUT2D eigenvalue weighted by Gasteiger charge is -2.20. The minimum atomic E-state index is -0.854. The number of hydrogen-bond acceptors (Lipinski definition) is 5. The Bertz CT molecular complexity index is 900. The summed E-state index contributed by atoms with van der Waals surface area (Å²) in [6.45, 7) is 4.81. The minimum Gasteiger partial charge on any atom is -0.466 e. The summed E-state index contributed by atoms with van der Waals surface area (Å²) in [6, 6.07) is -0.639. The Balaban J connectivity index is 3.50. The third kappa shape index (κ3) is 41.5. The largest absolute Gasteiger partial charge is 0.466 e. The van der Waals surface area contributed by atoms with Crippen LogP contribution in [0, 0.1) is 0 Å². The molecule has 6 nitrogen and oxygen atoms in total. The highest BCUT2D eigenvalue weighted by Gasteiger charge is 2.18. The Morgan fingerprint density at radius 3 is 1.42 bits per heavy atom. The van der Waals surface area contributed by atoms with E-state index < -0.39 is 12.1 Å². The molecule has 0 radical (unpaired) electrons. The van der Waals surface area contributed by atoms with Crippen LogP contribution in [0.3, 0.4) is 0 Å². The number of esters is 1. The quantitative estimate of drug-likeness (QED) is 0.0326. The highest BCUT2D eigenvalue weighted by Crippen LogP contribution is 2.14. The zero-order chi connectivity index (χ0) is 40.1. The number of ether oxygens (including phenoxy) is 1. The highest BCUT2D eigenvalue weighted by molar-refractivity contribution is 5.76. The number of carbonyl (C=O) groups is 2. The lowest BCUT2D eigenvalue weighted by molar-refractivity contribution is -0.143. The van der Waals surface area contributed by atoms with Crippen LogP contribution in [-0.2, 0) is 14.3 Å². The predicted molar refractivity (Wildman–Crippen MR) is 236 cm³/mol. The maximum atomic E-state index is 12.4. The van der Waals surface area contributed by atoms with Gasteiger partial charge in [0.2, 0.25) is 5.91 Å². The van der Waals surface area contributed by atoms with Gasteiger partial charge in [-0.05, 0) is 64.2 Å². The van der Waals surface area contributed by atoms with Gasteiger partial charge in [-0.3, -0.25) is 9.59 Å². The summed E-state index contributed by atoms with van der Waals surface area (Å²) in [4.78, 5) is 24.4. The van der Waals surface area contributed by atoms with Crippen LogP contribution in [0.15, 0.2) is 36.5 Å². The SMILES string of the molecule is CCCCC/C=C\C/C=C\CCCCCCCC(=O)OCCCCCCCCCCCCCCC(=O)NC(CO)C(O)/C=C/CCCCCCCCCCC. The van der Waals surface area contributed by atoms with Crippen molar-refractivity contribution in [2.75, 3.05) is 13.2 Å².